The third kappa shape index (κ3) is 2.43. The first-order valence-corrected chi connectivity index (χ1v) is 8.69. The summed E-state index contributed by atoms with van der Waals surface area (Å²) in [4.78, 5) is 40.0. The van der Waals surface area contributed by atoms with Crippen LogP contribution in [-0.4, -0.2) is 28.7 Å². The predicted octanol–water partition coefficient (Wildman–Crippen LogP) is 2.48. The Labute approximate surface area is 143 Å². The number of carbonyl (C=O) groups is 3. The van der Waals surface area contributed by atoms with Crippen molar-refractivity contribution in [3.05, 3.63) is 46.3 Å². The van der Waals surface area contributed by atoms with Gasteiger partial charge in [0.15, 0.2) is 0 Å². The van der Waals surface area contributed by atoms with Gasteiger partial charge in [0.2, 0.25) is 11.8 Å². The van der Waals surface area contributed by atoms with E-state index in [1.807, 2.05) is 18.2 Å². The summed E-state index contributed by atoms with van der Waals surface area (Å²) in [5.41, 5.74) is 2.68. The van der Waals surface area contributed by atoms with Gasteiger partial charge in [-0.1, -0.05) is 6.07 Å². The molecule has 1 N–H and O–H groups in total. The molecule has 5 nitrogen and oxygen atoms in total. The Morgan fingerprint density at radius 3 is 2.71 bits per heavy atom. The molecule has 24 heavy (non-hydrogen) atoms. The van der Waals surface area contributed by atoms with Crippen LogP contribution in [0.2, 0.25) is 0 Å². The van der Waals surface area contributed by atoms with Gasteiger partial charge in [0.1, 0.15) is 6.04 Å². The molecular weight excluding hydrogens is 324 g/mol. The summed E-state index contributed by atoms with van der Waals surface area (Å²) >= 11 is 1.72. The van der Waals surface area contributed by atoms with Gasteiger partial charge in [-0.2, -0.15) is 0 Å². The normalized spacial score (nSPS) is 20.3. The van der Waals surface area contributed by atoms with Gasteiger partial charge in [-0.05, 0) is 48.7 Å². The highest BCUT2D eigenvalue weighted by Gasteiger charge is 2.39. The highest BCUT2D eigenvalue weighted by atomic mass is 32.1. The van der Waals surface area contributed by atoms with E-state index in [1.54, 1.807) is 16.2 Å². The Morgan fingerprint density at radius 1 is 1.17 bits per heavy atom. The molecule has 2 aliphatic rings. The number of rotatable bonds is 2. The van der Waals surface area contributed by atoms with Crippen molar-refractivity contribution in [1.82, 2.24) is 10.2 Å². The lowest BCUT2D eigenvalue weighted by Gasteiger charge is -2.29. The summed E-state index contributed by atoms with van der Waals surface area (Å²) in [6, 6.07) is 9.42. The molecule has 0 spiro atoms. The Kier molecular flexibility index (Phi) is 3.49. The average molecular weight is 340 g/mol. The van der Waals surface area contributed by atoms with Gasteiger partial charge in [0.05, 0.1) is 0 Å². The molecule has 1 saturated heterocycles. The van der Waals surface area contributed by atoms with Crippen LogP contribution in [0.3, 0.4) is 0 Å². The monoisotopic (exact) mass is 340 g/mol. The zero-order chi connectivity index (χ0) is 16.8. The lowest BCUT2D eigenvalue weighted by Crippen LogP contribution is -2.52. The molecule has 1 atom stereocenters. The van der Waals surface area contributed by atoms with Gasteiger partial charge in [-0.15, -0.1) is 11.3 Å². The zero-order valence-corrected chi connectivity index (χ0v) is 14.0. The van der Waals surface area contributed by atoms with E-state index in [4.69, 9.17) is 0 Å². The van der Waals surface area contributed by atoms with Gasteiger partial charge in [0.25, 0.3) is 5.91 Å². The quantitative estimate of drug-likeness (QED) is 0.854. The number of nitrogens with one attached hydrogen (secondary N) is 1. The number of amides is 3. The fourth-order valence-electron chi connectivity index (χ4n) is 3.32. The summed E-state index contributed by atoms with van der Waals surface area (Å²) < 4.78 is 0. The van der Waals surface area contributed by atoms with Crippen LogP contribution in [0.1, 0.15) is 33.6 Å². The molecule has 3 heterocycles. The van der Waals surface area contributed by atoms with E-state index in [1.165, 1.54) is 9.75 Å². The minimum absolute atomic E-state index is 0.131. The molecule has 0 aliphatic carbocycles. The molecule has 2 aliphatic heterocycles. The number of fused-ring (bicyclic) bond motifs is 1. The topological polar surface area (TPSA) is 66.5 Å². The molecular formula is C18H16N2O3S. The van der Waals surface area contributed by atoms with Crippen molar-refractivity contribution in [3.63, 3.8) is 0 Å². The maximum Gasteiger partial charge on any atom is 0.255 e. The van der Waals surface area contributed by atoms with Crippen LogP contribution in [0.25, 0.3) is 10.4 Å². The van der Waals surface area contributed by atoms with Crippen LogP contribution in [-0.2, 0) is 16.1 Å². The molecule has 6 heteroatoms. The molecule has 0 saturated carbocycles. The summed E-state index contributed by atoms with van der Waals surface area (Å²) in [6.07, 6.45) is 0.664. The van der Waals surface area contributed by atoms with Gasteiger partial charge in [0, 0.05) is 28.3 Å². The molecule has 2 aromatic rings. The lowest BCUT2D eigenvalue weighted by molar-refractivity contribution is -0.136. The molecule has 0 bridgehead atoms. The van der Waals surface area contributed by atoms with Crippen molar-refractivity contribution < 1.29 is 14.4 Å². The molecule has 4 rings (SSSR count). The Bertz CT molecular complexity index is 871. The van der Waals surface area contributed by atoms with Crippen molar-refractivity contribution in [2.24, 2.45) is 0 Å². The smallest absolute Gasteiger partial charge is 0.255 e. The Balaban J connectivity index is 1.62. The number of imide groups is 1. The Hall–Kier alpha value is -2.47. The number of thiophene rings is 1. The first-order chi connectivity index (χ1) is 11.5. The van der Waals surface area contributed by atoms with Crippen LogP contribution in [0.15, 0.2) is 30.3 Å². The minimum Gasteiger partial charge on any atom is -0.322 e. The van der Waals surface area contributed by atoms with Crippen molar-refractivity contribution in [3.8, 4) is 10.4 Å². The van der Waals surface area contributed by atoms with Gasteiger partial charge >= 0.3 is 0 Å². The van der Waals surface area contributed by atoms with E-state index in [9.17, 15) is 14.4 Å². The van der Waals surface area contributed by atoms with E-state index in [2.05, 4.69) is 24.4 Å². The maximum absolute atomic E-state index is 12.6. The lowest BCUT2D eigenvalue weighted by atomic mass is 10.0. The van der Waals surface area contributed by atoms with Crippen LogP contribution in [0.5, 0.6) is 0 Å². The summed E-state index contributed by atoms with van der Waals surface area (Å²) in [5.74, 6) is -0.773. The third-order valence-electron chi connectivity index (χ3n) is 4.55. The largest absolute Gasteiger partial charge is 0.322 e. The van der Waals surface area contributed by atoms with E-state index in [-0.39, 0.29) is 24.1 Å². The number of benzene rings is 1. The van der Waals surface area contributed by atoms with Gasteiger partial charge in [-0.25, -0.2) is 0 Å². The second-order valence-electron chi connectivity index (χ2n) is 6.18. The number of hydrogen-bond acceptors (Lipinski definition) is 4. The second-order valence-corrected chi connectivity index (χ2v) is 7.47. The van der Waals surface area contributed by atoms with Crippen LogP contribution in [0, 0.1) is 6.92 Å². The van der Waals surface area contributed by atoms with Gasteiger partial charge < -0.3 is 4.90 Å². The zero-order valence-electron chi connectivity index (χ0n) is 13.2. The van der Waals surface area contributed by atoms with Crippen molar-refractivity contribution >= 4 is 29.1 Å². The molecule has 1 aromatic heterocycles. The predicted molar refractivity (Wildman–Crippen MR) is 90.5 cm³/mol. The number of piperidine rings is 1. The third-order valence-corrected chi connectivity index (χ3v) is 5.60. The molecule has 1 aromatic carbocycles. The molecule has 1 unspecified atom stereocenters. The SMILES string of the molecule is Cc1ccc(-c2ccc3c(c2)CN(C2CCC(=O)NC2=O)C3=O)s1. The number of carbonyl (C=O) groups excluding carboxylic acids is 3. The van der Waals surface area contributed by atoms with Crippen molar-refractivity contribution in [2.75, 3.05) is 0 Å². The van der Waals surface area contributed by atoms with E-state index in [0.29, 0.717) is 18.5 Å². The first-order valence-electron chi connectivity index (χ1n) is 7.87. The number of aryl methyl sites for hydroxylation is 1. The van der Waals surface area contributed by atoms with E-state index in [0.717, 1.165) is 11.1 Å². The van der Waals surface area contributed by atoms with Crippen molar-refractivity contribution in [2.45, 2.75) is 32.4 Å². The Morgan fingerprint density at radius 2 is 2.00 bits per heavy atom. The van der Waals surface area contributed by atoms with Crippen LogP contribution >= 0.6 is 11.3 Å². The van der Waals surface area contributed by atoms with Crippen molar-refractivity contribution in [1.29, 1.82) is 0 Å². The maximum atomic E-state index is 12.6. The summed E-state index contributed by atoms with van der Waals surface area (Å²) in [7, 11) is 0. The fourth-order valence-corrected chi connectivity index (χ4v) is 4.18. The number of hydrogen-bond donors (Lipinski definition) is 1. The minimum atomic E-state index is -0.560. The highest BCUT2D eigenvalue weighted by molar-refractivity contribution is 7.15. The fraction of sp³-hybridized carbons (Fsp3) is 0.278. The van der Waals surface area contributed by atoms with Gasteiger partial charge in [-0.3, -0.25) is 19.7 Å². The summed E-state index contributed by atoms with van der Waals surface area (Å²) in [5, 5.41) is 2.32. The molecule has 122 valence electrons. The van der Waals surface area contributed by atoms with E-state index >= 15 is 0 Å². The standard InChI is InChI=1S/C18H16N2O3S/c1-10-2-6-15(24-10)11-3-4-13-12(8-11)9-20(18(13)23)14-5-7-16(21)19-17(14)22/h2-4,6,8,14H,5,7,9H2,1H3,(H,19,21,22). The molecule has 0 radical (unpaired) electrons. The second kappa shape index (κ2) is 5.56. The molecule has 1 fully saturated rings. The molecule has 3 amide bonds. The van der Waals surface area contributed by atoms with E-state index < -0.39 is 6.04 Å². The first kappa shape index (κ1) is 15.1. The summed E-state index contributed by atoms with van der Waals surface area (Å²) in [6.45, 7) is 2.48. The highest BCUT2D eigenvalue weighted by Crippen LogP contribution is 2.33. The van der Waals surface area contributed by atoms with Crippen LogP contribution < -0.4 is 5.32 Å². The van der Waals surface area contributed by atoms with Crippen LogP contribution in [0.4, 0.5) is 0 Å². The number of nitrogens with zero attached hydrogens (tertiary/aromatic N) is 1. The average Bonchev–Trinajstić information content (AvgIpc) is 3.11.